The molecule has 4 heteroatoms. The number of carbonyl (C=O) groups excluding carboxylic acids is 2. The molecular weight excluding hydrogens is 246 g/mol. The van der Waals surface area contributed by atoms with Crippen LogP contribution in [-0.4, -0.2) is 16.4 Å². The number of ketones is 1. The van der Waals surface area contributed by atoms with E-state index in [9.17, 15) is 9.59 Å². The van der Waals surface area contributed by atoms with Crippen molar-refractivity contribution in [1.82, 2.24) is 0 Å². The Morgan fingerprint density at radius 2 is 2.17 bits per heavy atom. The summed E-state index contributed by atoms with van der Waals surface area (Å²) in [4.78, 5) is 24.4. The average molecular weight is 263 g/mol. The molecule has 3 nitrogen and oxygen atoms in total. The molecule has 1 N–H and O–H groups in total. The van der Waals surface area contributed by atoms with E-state index in [1.54, 1.807) is 24.8 Å². The van der Waals surface area contributed by atoms with Crippen molar-refractivity contribution in [3.8, 4) is 0 Å². The van der Waals surface area contributed by atoms with Crippen LogP contribution in [0.4, 0.5) is 5.69 Å². The van der Waals surface area contributed by atoms with E-state index in [1.807, 2.05) is 12.1 Å². The zero-order valence-electron chi connectivity index (χ0n) is 10.9. The second-order valence-electron chi connectivity index (χ2n) is 5.07. The van der Waals surface area contributed by atoms with Crippen molar-refractivity contribution in [2.75, 3.05) is 5.32 Å². The van der Waals surface area contributed by atoms with Crippen LogP contribution in [0, 0.1) is 0 Å². The van der Waals surface area contributed by atoms with Crippen molar-refractivity contribution in [2.45, 2.75) is 43.3 Å². The minimum absolute atomic E-state index is 0.0359. The van der Waals surface area contributed by atoms with Crippen LogP contribution in [-0.2, 0) is 4.79 Å². The lowest BCUT2D eigenvalue weighted by molar-refractivity contribution is -0.115. The van der Waals surface area contributed by atoms with Gasteiger partial charge in [0.05, 0.1) is 0 Å². The summed E-state index contributed by atoms with van der Waals surface area (Å²) in [5, 5.41) is 2.78. The summed E-state index contributed by atoms with van der Waals surface area (Å²) >= 11 is 1.72. The Morgan fingerprint density at radius 3 is 2.83 bits per heavy atom. The molecule has 0 spiro atoms. The van der Waals surface area contributed by atoms with Crippen LogP contribution >= 0.6 is 11.8 Å². The summed E-state index contributed by atoms with van der Waals surface area (Å²) in [5.74, 6) is 0.118. The highest BCUT2D eigenvalue weighted by atomic mass is 32.2. The highest BCUT2D eigenvalue weighted by Gasteiger charge is 2.31. The highest BCUT2D eigenvalue weighted by molar-refractivity contribution is 8.00. The molecule has 1 amide bonds. The number of hydrogen-bond acceptors (Lipinski definition) is 3. The van der Waals surface area contributed by atoms with Gasteiger partial charge in [0.1, 0.15) is 0 Å². The lowest BCUT2D eigenvalue weighted by atomic mass is 9.99. The number of thioether (sulfide) groups is 1. The van der Waals surface area contributed by atoms with E-state index in [4.69, 9.17) is 0 Å². The number of amides is 1. The first kappa shape index (κ1) is 13.1. The zero-order valence-corrected chi connectivity index (χ0v) is 11.7. The van der Waals surface area contributed by atoms with Crippen LogP contribution in [0.5, 0.6) is 0 Å². The van der Waals surface area contributed by atoms with Crippen LogP contribution in [0.25, 0.3) is 0 Å². The standard InChI is InChI=1S/C14H17NO2S/c1-4-13(17)15-9-5-6-12-10(7-9)11(16)8-14(2,3)18-12/h5-7H,4,8H2,1-3H3,(H,15,17). The van der Waals surface area contributed by atoms with Gasteiger partial charge < -0.3 is 5.32 Å². The topological polar surface area (TPSA) is 46.2 Å². The molecular formula is C14H17NO2S. The Labute approximate surface area is 111 Å². The third kappa shape index (κ3) is 2.75. The number of benzene rings is 1. The molecule has 0 saturated carbocycles. The normalized spacial score (nSPS) is 17.2. The summed E-state index contributed by atoms with van der Waals surface area (Å²) < 4.78 is -0.0434. The molecule has 18 heavy (non-hydrogen) atoms. The van der Waals surface area contributed by atoms with Crippen molar-refractivity contribution < 1.29 is 9.59 Å². The predicted octanol–water partition coefficient (Wildman–Crippen LogP) is 3.49. The van der Waals surface area contributed by atoms with Crippen molar-refractivity contribution in [2.24, 2.45) is 0 Å². The number of nitrogens with one attached hydrogen (secondary N) is 1. The minimum Gasteiger partial charge on any atom is -0.326 e. The Hall–Kier alpha value is -1.29. The molecule has 0 saturated heterocycles. The van der Waals surface area contributed by atoms with Crippen molar-refractivity contribution in [3.63, 3.8) is 0 Å². The summed E-state index contributed by atoms with van der Waals surface area (Å²) in [7, 11) is 0. The van der Waals surface area contributed by atoms with Crippen molar-refractivity contribution in [1.29, 1.82) is 0 Å². The maximum atomic E-state index is 12.1. The second-order valence-corrected chi connectivity index (χ2v) is 6.82. The molecule has 0 unspecified atom stereocenters. The zero-order chi connectivity index (χ0) is 13.3. The predicted molar refractivity (Wildman–Crippen MR) is 74.2 cm³/mol. The smallest absolute Gasteiger partial charge is 0.224 e. The Balaban J connectivity index is 2.30. The second kappa shape index (κ2) is 4.76. The molecule has 2 rings (SSSR count). The molecule has 0 fully saturated rings. The molecule has 0 aliphatic carbocycles. The Bertz CT molecular complexity index is 509. The molecule has 96 valence electrons. The molecule has 0 radical (unpaired) electrons. The summed E-state index contributed by atoms with van der Waals surface area (Å²) in [6.45, 7) is 5.95. The fraction of sp³-hybridized carbons (Fsp3) is 0.429. The lowest BCUT2D eigenvalue weighted by Gasteiger charge is -2.29. The van der Waals surface area contributed by atoms with Crippen LogP contribution in [0.3, 0.4) is 0 Å². The van der Waals surface area contributed by atoms with E-state index < -0.39 is 0 Å². The van der Waals surface area contributed by atoms with Gasteiger partial charge in [-0.15, -0.1) is 11.8 Å². The molecule has 1 heterocycles. The van der Waals surface area contributed by atoms with Crippen LogP contribution in [0.2, 0.25) is 0 Å². The summed E-state index contributed by atoms with van der Waals surface area (Å²) in [6.07, 6.45) is 0.975. The summed E-state index contributed by atoms with van der Waals surface area (Å²) in [5.41, 5.74) is 1.43. The number of rotatable bonds is 2. The van der Waals surface area contributed by atoms with Gasteiger partial charge in [-0.3, -0.25) is 9.59 Å². The van der Waals surface area contributed by atoms with Gasteiger partial charge in [-0.05, 0) is 32.0 Å². The van der Waals surface area contributed by atoms with Crippen LogP contribution in [0.1, 0.15) is 44.0 Å². The third-order valence-corrected chi connectivity index (χ3v) is 4.13. The molecule has 0 bridgehead atoms. The van der Waals surface area contributed by atoms with Crippen LogP contribution < -0.4 is 5.32 Å². The molecule has 0 aromatic heterocycles. The SMILES string of the molecule is CCC(=O)Nc1ccc2c(c1)C(=O)CC(C)(C)S2. The van der Waals surface area contributed by atoms with E-state index in [-0.39, 0.29) is 16.4 Å². The quantitative estimate of drug-likeness (QED) is 0.888. The molecule has 1 aromatic rings. The van der Waals surface area contributed by atoms with E-state index in [2.05, 4.69) is 19.2 Å². The van der Waals surface area contributed by atoms with Gasteiger partial charge in [-0.1, -0.05) is 6.92 Å². The van der Waals surface area contributed by atoms with E-state index in [0.717, 1.165) is 10.5 Å². The molecule has 1 aliphatic heterocycles. The number of carbonyl (C=O) groups is 2. The largest absolute Gasteiger partial charge is 0.326 e. The molecule has 1 aromatic carbocycles. The minimum atomic E-state index is -0.0434. The fourth-order valence-electron chi connectivity index (χ4n) is 1.98. The highest BCUT2D eigenvalue weighted by Crippen LogP contribution is 2.43. The molecule has 0 atom stereocenters. The first-order valence-corrected chi connectivity index (χ1v) is 6.89. The van der Waals surface area contributed by atoms with Crippen molar-refractivity contribution in [3.05, 3.63) is 23.8 Å². The first-order chi connectivity index (χ1) is 8.41. The van der Waals surface area contributed by atoms with E-state index in [1.165, 1.54) is 0 Å². The van der Waals surface area contributed by atoms with Gasteiger partial charge >= 0.3 is 0 Å². The van der Waals surface area contributed by atoms with Crippen LogP contribution in [0.15, 0.2) is 23.1 Å². The number of fused-ring (bicyclic) bond motifs is 1. The van der Waals surface area contributed by atoms with E-state index in [0.29, 0.717) is 18.5 Å². The van der Waals surface area contributed by atoms with Gasteiger partial charge in [0.15, 0.2) is 5.78 Å². The monoisotopic (exact) mass is 263 g/mol. The van der Waals surface area contributed by atoms with E-state index >= 15 is 0 Å². The number of Topliss-reactive ketones (excluding diaryl/α,β-unsaturated/α-hetero) is 1. The summed E-state index contributed by atoms with van der Waals surface area (Å²) in [6, 6.07) is 5.56. The first-order valence-electron chi connectivity index (χ1n) is 6.07. The van der Waals surface area contributed by atoms with Gasteiger partial charge in [0.25, 0.3) is 0 Å². The van der Waals surface area contributed by atoms with Gasteiger partial charge in [-0.2, -0.15) is 0 Å². The number of anilines is 1. The third-order valence-electron chi connectivity index (χ3n) is 2.86. The Kier molecular flexibility index (Phi) is 3.48. The number of hydrogen-bond donors (Lipinski definition) is 1. The lowest BCUT2D eigenvalue weighted by Crippen LogP contribution is -2.25. The maximum Gasteiger partial charge on any atom is 0.224 e. The Morgan fingerprint density at radius 1 is 1.44 bits per heavy atom. The average Bonchev–Trinajstić information content (AvgIpc) is 2.28. The van der Waals surface area contributed by atoms with Gasteiger partial charge in [0.2, 0.25) is 5.91 Å². The van der Waals surface area contributed by atoms with Gasteiger partial charge in [0, 0.05) is 33.7 Å². The fourth-order valence-corrected chi connectivity index (χ4v) is 3.20. The maximum absolute atomic E-state index is 12.1. The van der Waals surface area contributed by atoms with Crippen molar-refractivity contribution >= 4 is 29.1 Å². The molecule has 1 aliphatic rings. The van der Waals surface area contributed by atoms with Gasteiger partial charge in [-0.25, -0.2) is 0 Å².